The van der Waals surface area contributed by atoms with Gasteiger partial charge in [0.05, 0.1) is 0 Å². The molecule has 0 aliphatic carbocycles. The molecule has 20 heavy (non-hydrogen) atoms. The van der Waals surface area contributed by atoms with E-state index in [9.17, 15) is 9.59 Å². The first kappa shape index (κ1) is 14.9. The summed E-state index contributed by atoms with van der Waals surface area (Å²) < 4.78 is 0. The first-order valence-corrected chi connectivity index (χ1v) is 7.21. The second-order valence-electron chi connectivity index (χ2n) is 5.39. The molecule has 1 N–H and O–H groups in total. The predicted molar refractivity (Wildman–Crippen MR) is 79.8 cm³/mol. The molecular formula is C15H19ClN2O2. The van der Waals surface area contributed by atoms with Crippen LogP contribution in [0.5, 0.6) is 0 Å². The van der Waals surface area contributed by atoms with E-state index in [-0.39, 0.29) is 0 Å². The van der Waals surface area contributed by atoms with Gasteiger partial charge in [-0.15, -0.1) is 0 Å². The topological polar surface area (TPSA) is 49.4 Å². The quantitative estimate of drug-likeness (QED) is 0.810. The summed E-state index contributed by atoms with van der Waals surface area (Å²) in [6.07, 6.45) is 1.91. The van der Waals surface area contributed by atoms with Crippen LogP contribution in [0.1, 0.15) is 25.3 Å². The molecule has 1 aliphatic rings. The molecule has 1 aliphatic heterocycles. The number of rotatable bonds is 1. The van der Waals surface area contributed by atoms with E-state index >= 15 is 0 Å². The van der Waals surface area contributed by atoms with E-state index in [4.69, 9.17) is 11.6 Å². The van der Waals surface area contributed by atoms with Crippen molar-refractivity contribution in [2.45, 2.75) is 26.7 Å². The van der Waals surface area contributed by atoms with Crippen molar-refractivity contribution in [3.63, 3.8) is 0 Å². The van der Waals surface area contributed by atoms with Gasteiger partial charge in [0, 0.05) is 23.8 Å². The van der Waals surface area contributed by atoms with Crippen LogP contribution in [0.4, 0.5) is 5.69 Å². The Hall–Kier alpha value is -1.55. The van der Waals surface area contributed by atoms with Crippen LogP contribution in [0.3, 0.4) is 0 Å². The Bertz CT molecular complexity index is 523. The third-order valence-electron chi connectivity index (χ3n) is 3.69. The van der Waals surface area contributed by atoms with E-state index in [0.717, 1.165) is 18.4 Å². The Morgan fingerprint density at radius 2 is 1.95 bits per heavy atom. The highest BCUT2D eigenvalue weighted by atomic mass is 35.5. The predicted octanol–water partition coefficient (Wildman–Crippen LogP) is 2.85. The molecule has 108 valence electrons. The maximum Gasteiger partial charge on any atom is 0.313 e. The maximum atomic E-state index is 12.0. The number of benzene rings is 1. The molecule has 2 amide bonds. The van der Waals surface area contributed by atoms with Gasteiger partial charge in [0.25, 0.3) is 0 Å². The molecule has 5 heteroatoms. The molecule has 1 aromatic carbocycles. The Morgan fingerprint density at radius 1 is 1.30 bits per heavy atom. The molecule has 2 rings (SSSR count). The average molecular weight is 295 g/mol. The Labute approximate surface area is 124 Å². The number of nitrogens with one attached hydrogen (secondary N) is 1. The van der Waals surface area contributed by atoms with Crippen LogP contribution in [-0.4, -0.2) is 29.8 Å². The number of nitrogens with zero attached hydrogens (tertiary/aromatic N) is 1. The van der Waals surface area contributed by atoms with Crippen molar-refractivity contribution in [3.05, 3.63) is 28.8 Å². The highest BCUT2D eigenvalue weighted by Gasteiger charge is 2.25. The number of hydrogen-bond donors (Lipinski definition) is 1. The molecule has 1 heterocycles. The summed E-state index contributed by atoms with van der Waals surface area (Å²) in [5, 5.41) is 3.17. The fourth-order valence-electron chi connectivity index (χ4n) is 2.21. The van der Waals surface area contributed by atoms with Crippen LogP contribution in [-0.2, 0) is 9.59 Å². The second kappa shape index (κ2) is 6.27. The van der Waals surface area contributed by atoms with E-state index in [1.807, 2.05) is 13.0 Å². The van der Waals surface area contributed by atoms with Crippen molar-refractivity contribution >= 4 is 29.1 Å². The highest BCUT2D eigenvalue weighted by Crippen LogP contribution is 2.20. The van der Waals surface area contributed by atoms with E-state index in [1.54, 1.807) is 17.0 Å². The molecule has 0 unspecified atom stereocenters. The van der Waals surface area contributed by atoms with Crippen LogP contribution in [0.2, 0.25) is 5.02 Å². The van der Waals surface area contributed by atoms with Gasteiger partial charge in [0.1, 0.15) is 0 Å². The lowest BCUT2D eigenvalue weighted by molar-refractivity contribution is -0.144. The average Bonchev–Trinajstić information content (AvgIpc) is 2.43. The Kier molecular flexibility index (Phi) is 4.65. The highest BCUT2D eigenvalue weighted by molar-refractivity contribution is 6.39. The zero-order valence-corrected chi connectivity index (χ0v) is 12.5. The number of halogens is 1. The lowest BCUT2D eigenvalue weighted by Crippen LogP contribution is -2.43. The van der Waals surface area contributed by atoms with E-state index < -0.39 is 11.8 Å². The third kappa shape index (κ3) is 3.51. The lowest BCUT2D eigenvalue weighted by Gasteiger charge is -2.29. The summed E-state index contributed by atoms with van der Waals surface area (Å²) in [4.78, 5) is 25.6. The van der Waals surface area contributed by atoms with Crippen molar-refractivity contribution in [2.75, 3.05) is 18.4 Å². The van der Waals surface area contributed by atoms with Crippen LogP contribution in [0, 0.1) is 12.8 Å². The van der Waals surface area contributed by atoms with Crippen molar-refractivity contribution in [3.8, 4) is 0 Å². The monoisotopic (exact) mass is 294 g/mol. The molecule has 0 aromatic heterocycles. The van der Waals surface area contributed by atoms with Gasteiger partial charge in [0.15, 0.2) is 0 Å². The summed E-state index contributed by atoms with van der Waals surface area (Å²) in [6, 6.07) is 5.20. The molecular weight excluding hydrogens is 276 g/mol. The zero-order valence-electron chi connectivity index (χ0n) is 11.8. The maximum absolute atomic E-state index is 12.0. The van der Waals surface area contributed by atoms with E-state index in [0.29, 0.717) is 29.7 Å². The fraction of sp³-hybridized carbons (Fsp3) is 0.467. The van der Waals surface area contributed by atoms with Crippen LogP contribution < -0.4 is 5.32 Å². The third-order valence-corrected chi connectivity index (χ3v) is 4.10. The van der Waals surface area contributed by atoms with Gasteiger partial charge in [-0.1, -0.05) is 24.6 Å². The molecule has 4 nitrogen and oxygen atoms in total. The largest absolute Gasteiger partial charge is 0.334 e. The Morgan fingerprint density at radius 3 is 2.55 bits per heavy atom. The second-order valence-corrected chi connectivity index (χ2v) is 5.80. The number of piperidine rings is 1. The van der Waals surface area contributed by atoms with Gasteiger partial charge in [-0.25, -0.2) is 0 Å². The first-order chi connectivity index (χ1) is 9.47. The molecule has 1 aromatic rings. The molecule has 1 fully saturated rings. The minimum atomic E-state index is -0.598. The minimum Gasteiger partial charge on any atom is -0.334 e. The van der Waals surface area contributed by atoms with Gasteiger partial charge in [-0.2, -0.15) is 0 Å². The summed E-state index contributed by atoms with van der Waals surface area (Å²) in [7, 11) is 0. The van der Waals surface area contributed by atoms with Crippen LogP contribution in [0.25, 0.3) is 0 Å². The van der Waals surface area contributed by atoms with Gasteiger partial charge < -0.3 is 10.2 Å². The normalized spacial score (nSPS) is 16.1. The smallest absolute Gasteiger partial charge is 0.313 e. The van der Waals surface area contributed by atoms with Gasteiger partial charge >= 0.3 is 11.8 Å². The number of carbonyl (C=O) groups excluding carboxylic acids is 2. The molecule has 0 atom stereocenters. The van der Waals surface area contributed by atoms with E-state index in [2.05, 4.69) is 12.2 Å². The summed E-state index contributed by atoms with van der Waals surface area (Å²) in [6.45, 7) is 5.36. The SMILES string of the molecule is Cc1ccc(NC(=O)C(=O)N2CCC(C)CC2)cc1Cl. The summed E-state index contributed by atoms with van der Waals surface area (Å²) >= 11 is 5.99. The Balaban J connectivity index is 1.97. The molecule has 0 spiro atoms. The number of anilines is 1. The molecule has 0 bridgehead atoms. The van der Waals surface area contributed by atoms with Gasteiger partial charge in [0.2, 0.25) is 0 Å². The van der Waals surface area contributed by atoms with Gasteiger partial charge in [-0.05, 0) is 43.4 Å². The summed E-state index contributed by atoms with van der Waals surface area (Å²) in [5.41, 5.74) is 1.48. The fourth-order valence-corrected chi connectivity index (χ4v) is 2.39. The lowest BCUT2D eigenvalue weighted by atomic mass is 9.99. The van der Waals surface area contributed by atoms with Crippen molar-refractivity contribution in [2.24, 2.45) is 5.92 Å². The standard InChI is InChI=1S/C15H19ClN2O2/c1-10-5-7-18(8-6-10)15(20)14(19)17-12-4-3-11(2)13(16)9-12/h3-4,9-10H,5-8H2,1-2H3,(H,17,19). The number of carbonyl (C=O) groups is 2. The number of likely N-dealkylation sites (tertiary alicyclic amines) is 1. The van der Waals surface area contributed by atoms with Crippen molar-refractivity contribution < 1.29 is 9.59 Å². The minimum absolute atomic E-state index is 0.464. The molecule has 0 radical (unpaired) electrons. The number of hydrogen-bond acceptors (Lipinski definition) is 2. The number of amides is 2. The van der Waals surface area contributed by atoms with Crippen LogP contribution in [0.15, 0.2) is 18.2 Å². The van der Waals surface area contributed by atoms with Crippen molar-refractivity contribution in [1.82, 2.24) is 4.90 Å². The molecule has 0 saturated carbocycles. The molecule has 1 saturated heterocycles. The number of aryl methyl sites for hydroxylation is 1. The van der Waals surface area contributed by atoms with Crippen molar-refractivity contribution in [1.29, 1.82) is 0 Å². The van der Waals surface area contributed by atoms with Crippen LogP contribution >= 0.6 is 11.6 Å². The van der Waals surface area contributed by atoms with Gasteiger partial charge in [-0.3, -0.25) is 9.59 Å². The van der Waals surface area contributed by atoms with E-state index in [1.165, 1.54) is 0 Å². The zero-order chi connectivity index (χ0) is 14.7. The summed E-state index contributed by atoms with van der Waals surface area (Å²) in [5.74, 6) is -0.439. The first-order valence-electron chi connectivity index (χ1n) is 6.84.